The minimum atomic E-state index is -0.855. The van der Waals surface area contributed by atoms with Crippen molar-refractivity contribution in [3.63, 3.8) is 0 Å². The van der Waals surface area contributed by atoms with Crippen LogP contribution in [0.1, 0.15) is 38.9 Å². The monoisotopic (exact) mass is 741 g/mol. The zero-order chi connectivity index (χ0) is 38.5. The average molecular weight is 742 g/mol. The van der Waals surface area contributed by atoms with Crippen LogP contribution in [0.15, 0.2) is 237 Å². The predicted molar refractivity (Wildman–Crippen MR) is 237 cm³/mol. The SMILES string of the molecule is c1ccc(N(c2ccc3c(c2)OC(c2ccccc2)(c2ccccc2)c2ccccc2-3)c2ccc3c(c2)C(c2ccccc2)(c2ccccc2)c2ccccc2-3)cc1. The van der Waals surface area contributed by atoms with Gasteiger partial charge in [0.2, 0.25) is 0 Å². The maximum absolute atomic E-state index is 7.52. The van der Waals surface area contributed by atoms with E-state index >= 15 is 0 Å². The molecule has 0 spiro atoms. The second-order valence-electron chi connectivity index (χ2n) is 15.2. The summed E-state index contributed by atoms with van der Waals surface area (Å²) in [4.78, 5) is 2.38. The van der Waals surface area contributed by atoms with Crippen LogP contribution in [0, 0.1) is 0 Å². The summed E-state index contributed by atoms with van der Waals surface area (Å²) in [6.07, 6.45) is 0. The second kappa shape index (κ2) is 13.7. The molecular formula is C56H39NO. The van der Waals surface area contributed by atoms with Crippen LogP contribution in [0.2, 0.25) is 0 Å². The molecule has 0 saturated heterocycles. The van der Waals surface area contributed by atoms with Crippen molar-refractivity contribution in [1.29, 1.82) is 0 Å². The topological polar surface area (TPSA) is 12.5 Å². The van der Waals surface area contributed by atoms with E-state index in [1.54, 1.807) is 0 Å². The fourth-order valence-electron chi connectivity index (χ4n) is 9.74. The molecule has 9 aromatic rings. The Bertz CT molecular complexity index is 2830. The zero-order valence-corrected chi connectivity index (χ0v) is 31.9. The lowest BCUT2D eigenvalue weighted by molar-refractivity contribution is 0.152. The molecule has 0 bridgehead atoms. The molecule has 1 aliphatic carbocycles. The number of nitrogens with zero attached hydrogens (tertiary/aromatic N) is 1. The highest BCUT2D eigenvalue weighted by molar-refractivity contribution is 5.90. The summed E-state index contributed by atoms with van der Waals surface area (Å²) in [5, 5.41) is 0. The van der Waals surface area contributed by atoms with Crippen LogP contribution in [0.3, 0.4) is 0 Å². The smallest absolute Gasteiger partial charge is 0.185 e. The van der Waals surface area contributed by atoms with Crippen LogP contribution >= 0.6 is 0 Å². The Morgan fingerprint density at radius 2 is 0.707 bits per heavy atom. The molecule has 0 N–H and O–H groups in total. The van der Waals surface area contributed by atoms with Gasteiger partial charge < -0.3 is 9.64 Å². The minimum absolute atomic E-state index is 0.513. The summed E-state index contributed by atoms with van der Waals surface area (Å²) in [5.41, 5.74) is 14.9. The quantitative estimate of drug-likeness (QED) is 0.161. The van der Waals surface area contributed by atoms with Crippen molar-refractivity contribution in [3.8, 4) is 28.0 Å². The predicted octanol–water partition coefficient (Wildman–Crippen LogP) is 13.9. The van der Waals surface area contributed by atoms with Crippen LogP contribution in [-0.2, 0) is 11.0 Å². The van der Waals surface area contributed by atoms with Gasteiger partial charge >= 0.3 is 0 Å². The molecule has 9 aromatic carbocycles. The van der Waals surface area contributed by atoms with Crippen LogP contribution in [0.4, 0.5) is 17.1 Å². The van der Waals surface area contributed by atoms with Gasteiger partial charge in [0.05, 0.1) is 5.41 Å². The van der Waals surface area contributed by atoms with Crippen molar-refractivity contribution in [3.05, 3.63) is 276 Å². The van der Waals surface area contributed by atoms with Gasteiger partial charge in [0.1, 0.15) is 5.75 Å². The van der Waals surface area contributed by atoms with Crippen molar-refractivity contribution >= 4 is 17.1 Å². The zero-order valence-electron chi connectivity index (χ0n) is 31.9. The van der Waals surface area contributed by atoms with E-state index in [1.807, 2.05) is 0 Å². The van der Waals surface area contributed by atoms with Crippen molar-refractivity contribution in [2.75, 3.05) is 4.90 Å². The summed E-state index contributed by atoms with van der Waals surface area (Å²) in [6, 6.07) is 85.4. The highest BCUT2D eigenvalue weighted by Crippen LogP contribution is 2.58. The first-order valence-corrected chi connectivity index (χ1v) is 20.0. The summed E-state index contributed by atoms with van der Waals surface area (Å²) < 4.78 is 7.52. The van der Waals surface area contributed by atoms with Gasteiger partial charge in [0.15, 0.2) is 5.60 Å². The third-order valence-electron chi connectivity index (χ3n) is 12.2. The van der Waals surface area contributed by atoms with E-state index in [9.17, 15) is 0 Å². The van der Waals surface area contributed by atoms with Gasteiger partial charge in [-0.2, -0.15) is 0 Å². The Kier molecular flexibility index (Phi) is 7.97. The van der Waals surface area contributed by atoms with E-state index in [0.717, 1.165) is 45.1 Å². The first-order chi connectivity index (χ1) is 28.8. The molecule has 11 rings (SSSR count). The molecule has 2 heteroatoms. The summed E-state index contributed by atoms with van der Waals surface area (Å²) in [5.74, 6) is 0.835. The van der Waals surface area contributed by atoms with E-state index in [2.05, 4.69) is 241 Å². The Labute approximate surface area is 339 Å². The van der Waals surface area contributed by atoms with E-state index in [4.69, 9.17) is 4.74 Å². The van der Waals surface area contributed by atoms with Gasteiger partial charge in [-0.3, -0.25) is 0 Å². The molecule has 1 heterocycles. The van der Waals surface area contributed by atoms with Gasteiger partial charge in [-0.15, -0.1) is 0 Å². The maximum Gasteiger partial charge on any atom is 0.185 e. The van der Waals surface area contributed by atoms with Crippen molar-refractivity contribution in [1.82, 2.24) is 0 Å². The first-order valence-electron chi connectivity index (χ1n) is 20.0. The largest absolute Gasteiger partial charge is 0.472 e. The Hall–Kier alpha value is -7.42. The molecule has 1 aliphatic heterocycles. The third-order valence-corrected chi connectivity index (χ3v) is 12.2. The third kappa shape index (κ3) is 5.05. The molecule has 0 fully saturated rings. The van der Waals surface area contributed by atoms with E-state index in [0.29, 0.717) is 0 Å². The normalized spacial score (nSPS) is 13.9. The lowest BCUT2D eigenvalue weighted by Crippen LogP contribution is -2.38. The van der Waals surface area contributed by atoms with Gasteiger partial charge in [-0.25, -0.2) is 0 Å². The average Bonchev–Trinajstić information content (AvgIpc) is 3.60. The van der Waals surface area contributed by atoms with Gasteiger partial charge in [0.25, 0.3) is 0 Å². The molecule has 0 atom stereocenters. The van der Waals surface area contributed by atoms with Crippen molar-refractivity contribution in [2.45, 2.75) is 11.0 Å². The van der Waals surface area contributed by atoms with Crippen LogP contribution < -0.4 is 9.64 Å². The molecule has 0 aromatic heterocycles. The molecular weight excluding hydrogens is 703 g/mol. The van der Waals surface area contributed by atoms with E-state index < -0.39 is 11.0 Å². The molecule has 274 valence electrons. The number of benzene rings is 9. The fraction of sp³-hybridized carbons (Fsp3) is 0.0357. The lowest BCUT2D eigenvalue weighted by Gasteiger charge is -2.41. The minimum Gasteiger partial charge on any atom is -0.472 e. The number of anilines is 3. The number of hydrogen-bond donors (Lipinski definition) is 0. The molecule has 2 nitrogen and oxygen atoms in total. The highest BCUT2D eigenvalue weighted by atomic mass is 16.5. The number of fused-ring (bicyclic) bond motifs is 6. The first kappa shape index (κ1) is 33.9. The Morgan fingerprint density at radius 1 is 0.293 bits per heavy atom. The standard InChI is InChI=1S/C56H39NO/c1-6-20-40(21-7-1)55(41-22-8-2-9-23-41)51-32-18-16-30-47(51)49-36-34-45(38-53(49)55)57(44-28-14-5-15-29-44)46-35-37-50-48-31-17-19-33-52(48)56(58-54(50)39-46,42-24-10-3-11-25-42)43-26-12-4-13-27-43/h1-39H. The van der Waals surface area contributed by atoms with Crippen molar-refractivity contribution in [2.24, 2.45) is 0 Å². The van der Waals surface area contributed by atoms with E-state index in [1.165, 1.54) is 38.9 Å². The lowest BCUT2D eigenvalue weighted by atomic mass is 9.67. The Balaban J connectivity index is 1.14. The molecule has 0 unspecified atom stereocenters. The molecule has 0 saturated carbocycles. The number of ether oxygens (including phenoxy) is 1. The molecule has 2 aliphatic rings. The summed E-state index contributed by atoms with van der Waals surface area (Å²) in [6.45, 7) is 0. The van der Waals surface area contributed by atoms with Crippen LogP contribution in [0.5, 0.6) is 5.75 Å². The van der Waals surface area contributed by atoms with Gasteiger partial charge in [-0.1, -0.05) is 194 Å². The maximum atomic E-state index is 7.52. The van der Waals surface area contributed by atoms with Crippen LogP contribution in [0.25, 0.3) is 22.3 Å². The number of rotatable bonds is 7. The van der Waals surface area contributed by atoms with Gasteiger partial charge in [0, 0.05) is 45.4 Å². The van der Waals surface area contributed by atoms with Crippen molar-refractivity contribution < 1.29 is 4.74 Å². The second-order valence-corrected chi connectivity index (χ2v) is 15.2. The van der Waals surface area contributed by atoms with Gasteiger partial charge in [-0.05, 0) is 75.3 Å². The fourth-order valence-corrected chi connectivity index (χ4v) is 9.74. The van der Waals surface area contributed by atoms with E-state index in [-0.39, 0.29) is 0 Å². The number of para-hydroxylation sites is 1. The van der Waals surface area contributed by atoms with Crippen LogP contribution in [-0.4, -0.2) is 0 Å². The highest BCUT2D eigenvalue weighted by Gasteiger charge is 2.47. The summed E-state index contributed by atoms with van der Waals surface area (Å²) in [7, 11) is 0. The Morgan fingerprint density at radius 3 is 1.28 bits per heavy atom. The summed E-state index contributed by atoms with van der Waals surface area (Å²) >= 11 is 0. The number of hydrogen-bond acceptors (Lipinski definition) is 2. The molecule has 0 amide bonds. The molecule has 0 radical (unpaired) electrons. The molecule has 58 heavy (non-hydrogen) atoms.